The quantitative estimate of drug-likeness (QED) is 0.438. The maximum atomic E-state index is 9.18. The monoisotopic (exact) mass is 418 g/mol. The number of aryl methyl sites for hydroxylation is 1. The van der Waals surface area contributed by atoms with Gasteiger partial charge in [-0.05, 0) is 47.0 Å². The molecule has 8 heteroatoms. The van der Waals surface area contributed by atoms with Crippen LogP contribution >= 0.6 is 0 Å². The first-order valence-electron chi connectivity index (χ1n) is 10.1. The van der Waals surface area contributed by atoms with Crippen LogP contribution in [0.4, 0.5) is 5.69 Å². The number of aromatic nitrogens is 6. The highest BCUT2D eigenvalue weighted by Crippen LogP contribution is 2.30. The first-order chi connectivity index (χ1) is 15.7. The van der Waals surface area contributed by atoms with Crippen LogP contribution in [0, 0.1) is 18.3 Å². The minimum atomic E-state index is 0.371. The van der Waals surface area contributed by atoms with Crippen LogP contribution in [0.3, 0.4) is 0 Å². The molecule has 5 rings (SSSR count). The van der Waals surface area contributed by atoms with Crippen molar-refractivity contribution in [2.24, 2.45) is 0 Å². The fourth-order valence-electron chi connectivity index (χ4n) is 3.64. The van der Waals surface area contributed by atoms with Crippen molar-refractivity contribution in [3.63, 3.8) is 0 Å². The van der Waals surface area contributed by atoms with Crippen molar-refractivity contribution in [3.05, 3.63) is 83.7 Å². The van der Waals surface area contributed by atoms with Gasteiger partial charge in [-0.15, -0.1) is 10.2 Å². The molecule has 0 saturated carbocycles. The number of hydrogen-bond donors (Lipinski definition) is 2. The van der Waals surface area contributed by atoms with Gasteiger partial charge in [0.05, 0.1) is 11.2 Å². The fourth-order valence-corrected chi connectivity index (χ4v) is 3.64. The van der Waals surface area contributed by atoms with E-state index in [1.54, 1.807) is 6.07 Å². The van der Waals surface area contributed by atoms with Crippen molar-refractivity contribution < 1.29 is 0 Å². The Morgan fingerprint density at radius 3 is 2.53 bits per heavy atom. The Morgan fingerprint density at radius 1 is 0.969 bits per heavy atom. The third kappa shape index (κ3) is 3.75. The molecule has 0 unspecified atom stereocenters. The first kappa shape index (κ1) is 19.3. The molecule has 0 spiro atoms. The summed E-state index contributed by atoms with van der Waals surface area (Å²) in [5.41, 5.74) is 7.72. The van der Waals surface area contributed by atoms with Crippen LogP contribution in [0.2, 0.25) is 0 Å². The van der Waals surface area contributed by atoms with E-state index in [1.807, 2.05) is 43.3 Å². The van der Waals surface area contributed by atoms with E-state index in [4.69, 9.17) is 0 Å². The summed E-state index contributed by atoms with van der Waals surface area (Å²) in [5.74, 6) is 0.565. The Balaban J connectivity index is 1.40. The van der Waals surface area contributed by atoms with E-state index in [0.717, 1.165) is 39.2 Å². The minimum absolute atomic E-state index is 0.371. The molecular weight excluding hydrogens is 400 g/mol. The summed E-state index contributed by atoms with van der Waals surface area (Å²) in [6.07, 6.45) is 0. The van der Waals surface area contributed by atoms with Gasteiger partial charge in [-0.25, -0.2) is 4.98 Å². The number of benzene rings is 2. The first-order valence-corrected chi connectivity index (χ1v) is 10.1. The van der Waals surface area contributed by atoms with Crippen LogP contribution in [0.5, 0.6) is 0 Å². The fraction of sp³-hybridized carbons (Fsp3) is 0.0833. The molecule has 2 aromatic carbocycles. The highest BCUT2D eigenvalue weighted by Gasteiger charge is 2.11. The highest BCUT2D eigenvalue weighted by molar-refractivity contribution is 5.88. The predicted octanol–water partition coefficient (Wildman–Crippen LogP) is 4.27. The van der Waals surface area contributed by atoms with Gasteiger partial charge >= 0.3 is 0 Å². The number of fused-ring (bicyclic) bond motifs is 1. The Hall–Kier alpha value is -4.64. The van der Waals surface area contributed by atoms with E-state index in [0.29, 0.717) is 23.6 Å². The van der Waals surface area contributed by atoms with Crippen molar-refractivity contribution in [1.82, 2.24) is 30.6 Å². The lowest BCUT2D eigenvalue weighted by Gasteiger charge is -2.11. The number of nitrogens with one attached hydrogen (secondary N) is 2. The topological polar surface area (TPSA) is 116 Å². The zero-order valence-electron chi connectivity index (χ0n) is 17.2. The lowest BCUT2D eigenvalue weighted by Crippen LogP contribution is -2.03. The molecule has 3 heterocycles. The average Bonchev–Trinajstić information content (AvgIpc) is 3.37. The Labute approximate surface area is 184 Å². The lowest BCUT2D eigenvalue weighted by atomic mass is 9.98. The number of nitriles is 1. The van der Waals surface area contributed by atoms with E-state index in [2.05, 4.69) is 66.2 Å². The van der Waals surface area contributed by atoms with E-state index < -0.39 is 0 Å². The Bertz CT molecular complexity index is 1430. The van der Waals surface area contributed by atoms with Crippen LogP contribution in [0.25, 0.3) is 33.5 Å². The maximum Gasteiger partial charge on any atom is 0.205 e. The van der Waals surface area contributed by atoms with Crippen molar-refractivity contribution >= 4 is 16.7 Å². The molecular formula is C24H18N8. The van der Waals surface area contributed by atoms with Gasteiger partial charge in [-0.3, -0.25) is 4.98 Å². The molecule has 154 valence electrons. The second kappa shape index (κ2) is 8.24. The molecule has 0 amide bonds. The molecule has 2 N–H and O–H groups in total. The number of hydrogen-bond acceptors (Lipinski definition) is 7. The van der Waals surface area contributed by atoms with Crippen molar-refractivity contribution in [2.75, 3.05) is 5.32 Å². The molecule has 0 aliphatic carbocycles. The zero-order chi connectivity index (χ0) is 21.9. The summed E-state index contributed by atoms with van der Waals surface area (Å²) in [4.78, 5) is 8.94. The highest BCUT2D eigenvalue weighted by atomic mass is 15.5. The smallest absolute Gasteiger partial charge is 0.205 e. The van der Waals surface area contributed by atoms with E-state index in [9.17, 15) is 5.26 Å². The summed E-state index contributed by atoms with van der Waals surface area (Å²) < 4.78 is 0. The van der Waals surface area contributed by atoms with Crippen LogP contribution in [0.15, 0.2) is 66.7 Å². The molecule has 0 fully saturated rings. The van der Waals surface area contributed by atoms with Gasteiger partial charge in [0.25, 0.3) is 0 Å². The molecule has 0 radical (unpaired) electrons. The lowest BCUT2D eigenvalue weighted by molar-refractivity contribution is 0.881. The standard InChI is InChI=1S/C24H18N8/c1-15-12-22(23-21(27-15)11-10-18(13-25)28-23)26-14-16-6-8-17(9-7-16)19-4-2-3-5-20(19)24-29-31-32-30-24/h2-12H,14H2,1H3,(H,26,27)(H,29,30,31,32). The third-order valence-corrected chi connectivity index (χ3v) is 5.15. The number of pyridine rings is 2. The normalized spacial score (nSPS) is 10.8. The van der Waals surface area contributed by atoms with Crippen LogP contribution in [0.1, 0.15) is 17.0 Å². The molecule has 0 saturated heterocycles. The summed E-state index contributed by atoms with van der Waals surface area (Å²) >= 11 is 0. The molecule has 5 aromatic rings. The summed E-state index contributed by atoms with van der Waals surface area (Å²) in [5, 5.41) is 27.0. The summed E-state index contributed by atoms with van der Waals surface area (Å²) in [6.45, 7) is 2.56. The van der Waals surface area contributed by atoms with Crippen LogP contribution < -0.4 is 5.32 Å². The Morgan fingerprint density at radius 2 is 1.78 bits per heavy atom. The van der Waals surface area contributed by atoms with Gasteiger partial charge < -0.3 is 5.32 Å². The van der Waals surface area contributed by atoms with Gasteiger partial charge in [0, 0.05) is 17.8 Å². The number of nitrogens with zero attached hydrogens (tertiary/aromatic N) is 6. The van der Waals surface area contributed by atoms with E-state index in [1.165, 1.54) is 0 Å². The second-order valence-corrected chi connectivity index (χ2v) is 7.32. The number of tetrazole rings is 1. The van der Waals surface area contributed by atoms with E-state index in [-0.39, 0.29) is 0 Å². The predicted molar refractivity (Wildman–Crippen MR) is 121 cm³/mol. The number of anilines is 1. The molecule has 8 nitrogen and oxygen atoms in total. The average molecular weight is 418 g/mol. The molecule has 0 bridgehead atoms. The van der Waals surface area contributed by atoms with Gasteiger partial charge in [0.15, 0.2) is 0 Å². The van der Waals surface area contributed by atoms with Gasteiger partial charge in [0.2, 0.25) is 5.82 Å². The van der Waals surface area contributed by atoms with Gasteiger partial charge in [0.1, 0.15) is 17.3 Å². The second-order valence-electron chi connectivity index (χ2n) is 7.32. The van der Waals surface area contributed by atoms with Crippen molar-refractivity contribution in [3.8, 4) is 28.6 Å². The molecule has 32 heavy (non-hydrogen) atoms. The molecule has 3 aromatic heterocycles. The summed E-state index contributed by atoms with van der Waals surface area (Å²) in [7, 11) is 0. The largest absolute Gasteiger partial charge is 0.379 e. The van der Waals surface area contributed by atoms with E-state index >= 15 is 0 Å². The number of H-pyrrole nitrogens is 1. The number of rotatable bonds is 5. The zero-order valence-corrected chi connectivity index (χ0v) is 17.2. The number of aromatic amines is 1. The van der Waals surface area contributed by atoms with Crippen LogP contribution in [-0.2, 0) is 6.54 Å². The third-order valence-electron chi connectivity index (χ3n) is 5.15. The minimum Gasteiger partial charge on any atom is -0.379 e. The maximum absolute atomic E-state index is 9.18. The summed E-state index contributed by atoms with van der Waals surface area (Å²) in [6, 6.07) is 23.9. The Kier molecular flexibility index (Phi) is 4.98. The van der Waals surface area contributed by atoms with Gasteiger partial charge in [-0.1, -0.05) is 48.5 Å². The SMILES string of the molecule is Cc1cc(NCc2ccc(-c3ccccc3-c3nn[nH]n3)cc2)c2nc(C#N)ccc2n1. The molecule has 0 aliphatic heterocycles. The van der Waals surface area contributed by atoms with Crippen LogP contribution in [-0.4, -0.2) is 30.6 Å². The molecule has 0 aliphatic rings. The van der Waals surface area contributed by atoms with Crippen molar-refractivity contribution in [1.29, 1.82) is 5.26 Å². The van der Waals surface area contributed by atoms with Crippen molar-refractivity contribution in [2.45, 2.75) is 13.5 Å². The van der Waals surface area contributed by atoms with Gasteiger partial charge in [-0.2, -0.15) is 10.5 Å². The molecule has 0 atom stereocenters.